The van der Waals surface area contributed by atoms with Crippen molar-refractivity contribution in [2.75, 3.05) is 6.54 Å². The topological polar surface area (TPSA) is 20.3 Å². The molecule has 0 radical (unpaired) electrons. The maximum atomic E-state index is 12.3. The molecule has 2 nitrogen and oxygen atoms in total. The Bertz CT molecular complexity index is 635. The van der Waals surface area contributed by atoms with E-state index in [0.29, 0.717) is 0 Å². The van der Waals surface area contributed by atoms with Crippen LogP contribution in [0.2, 0.25) is 0 Å². The summed E-state index contributed by atoms with van der Waals surface area (Å²) in [5.74, 6) is 0.299. The van der Waals surface area contributed by atoms with Gasteiger partial charge in [0.25, 0.3) is 0 Å². The van der Waals surface area contributed by atoms with E-state index in [1.165, 1.54) is 11.1 Å². The van der Waals surface area contributed by atoms with Crippen LogP contribution in [0.4, 0.5) is 0 Å². The molecule has 94 valence electrons. The van der Waals surface area contributed by atoms with Crippen molar-refractivity contribution in [3.05, 3.63) is 71.3 Å². The lowest BCUT2D eigenvalue weighted by Gasteiger charge is -2.51. The molecule has 0 N–H and O–H groups in total. The third kappa shape index (κ3) is 1.46. The van der Waals surface area contributed by atoms with Crippen LogP contribution in [0.5, 0.6) is 0 Å². The fraction of sp³-hybridized carbons (Fsp3) is 0.235. The van der Waals surface area contributed by atoms with E-state index in [4.69, 9.17) is 0 Å². The van der Waals surface area contributed by atoms with Crippen LogP contribution in [0, 0.1) is 0 Å². The van der Waals surface area contributed by atoms with Gasteiger partial charge in [0.05, 0.1) is 12.0 Å². The number of rotatable bonds is 1. The molecule has 4 rings (SSSR count). The lowest BCUT2D eigenvalue weighted by molar-refractivity contribution is -0.151. The number of carbonyl (C=O) groups is 1. The largest absolute Gasteiger partial charge is 0.334 e. The maximum absolute atomic E-state index is 12.3. The summed E-state index contributed by atoms with van der Waals surface area (Å²) in [7, 11) is 0. The Balaban J connectivity index is 1.79. The number of hydrogen-bond acceptors (Lipinski definition) is 1. The van der Waals surface area contributed by atoms with Crippen LogP contribution in [0.15, 0.2) is 54.6 Å². The van der Waals surface area contributed by atoms with Gasteiger partial charge < -0.3 is 4.90 Å². The first kappa shape index (κ1) is 10.8. The van der Waals surface area contributed by atoms with Gasteiger partial charge in [-0.3, -0.25) is 4.79 Å². The number of carbonyl (C=O) groups excluding carboxylic acids is 1. The summed E-state index contributed by atoms with van der Waals surface area (Å²) < 4.78 is 0. The fourth-order valence-electron chi connectivity index (χ4n) is 3.42. The lowest BCUT2D eigenvalue weighted by atomic mass is 9.74. The van der Waals surface area contributed by atoms with Gasteiger partial charge >= 0.3 is 0 Å². The van der Waals surface area contributed by atoms with E-state index in [1.54, 1.807) is 0 Å². The minimum Gasteiger partial charge on any atom is -0.334 e. The summed E-state index contributed by atoms with van der Waals surface area (Å²) >= 11 is 0. The summed E-state index contributed by atoms with van der Waals surface area (Å²) in [6, 6.07) is 18.9. The Morgan fingerprint density at radius 1 is 0.947 bits per heavy atom. The van der Waals surface area contributed by atoms with Gasteiger partial charge in [-0.15, -0.1) is 0 Å². The summed E-state index contributed by atoms with van der Waals surface area (Å²) in [6.45, 7) is 0.865. The standard InChI is InChI=1S/C17H15NO/c19-17-15(13-7-2-1-3-8-13)16-14-9-5-4-6-12(14)10-11-18(16)17/h1-9,15-16H,10-11H2/t15-,16?/m1/s1. The number of fused-ring (bicyclic) bond motifs is 3. The molecule has 19 heavy (non-hydrogen) atoms. The summed E-state index contributed by atoms with van der Waals surface area (Å²) in [5, 5.41) is 0. The third-order valence-electron chi connectivity index (χ3n) is 4.36. The fourth-order valence-corrected chi connectivity index (χ4v) is 3.42. The Labute approximate surface area is 112 Å². The molecule has 0 aliphatic carbocycles. The summed E-state index contributed by atoms with van der Waals surface area (Å²) in [4.78, 5) is 14.4. The number of β-lactam (4-membered cyclic amide) rings is 1. The van der Waals surface area contributed by atoms with E-state index in [0.717, 1.165) is 18.5 Å². The molecule has 2 aliphatic rings. The first-order valence-electron chi connectivity index (χ1n) is 6.79. The van der Waals surface area contributed by atoms with Crippen LogP contribution < -0.4 is 0 Å². The quantitative estimate of drug-likeness (QED) is 0.712. The predicted octanol–water partition coefficient (Wildman–Crippen LogP) is 2.91. The van der Waals surface area contributed by atoms with Crippen LogP contribution in [0.3, 0.4) is 0 Å². The monoisotopic (exact) mass is 249 g/mol. The molecule has 1 amide bonds. The van der Waals surface area contributed by atoms with Gasteiger partial charge in [-0.25, -0.2) is 0 Å². The van der Waals surface area contributed by atoms with Crippen molar-refractivity contribution in [2.24, 2.45) is 0 Å². The Kier molecular flexibility index (Phi) is 2.25. The second-order valence-electron chi connectivity index (χ2n) is 5.31. The van der Waals surface area contributed by atoms with E-state index in [9.17, 15) is 4.79 Å². The SMILES string of the molecule is O=C1[C@H](c2ccccc2)C2c3ccccc3CCN12. The second-order valence-corrected chi connectivity index (χ2v) is 5.31. The zero-order valence-electron chi connectivity index (χ0n) is 10.6. The zero-order chi connectivity index (χ0) is 12.8. The molecule has 2 aromatic rings. The highest BCUT2D eigenvalue weighted by atomic mass is 16.2. The average molecular weight is 249 g/mol. The molecule has 2 atom stereocenters. The Hall–Kier alpha value is -2.09. The van der Waals surface area contributed by atoms with Crippen molar-refractivity contribution in [2.45, 2.75) is 18.4 Å². The molecule has 2 heterocycles. The van der Waals surface area contributed by atoms with Crippen molar-refractivity contribution < 1.29 is 4.79 Å². The van der Waals surface area contributed by atoms with Crippen LogP contribution >= 0.6 is 0 Å². The molecular weight excluding hydrogens is 234 g/mol. The van der Waals surface area contributed by atoms with Crippen molar-refractivity contribution in [1.82, 2.24) is 4.90 Å². The number of benzene rings is 2. The molecule has 0 bridgehead atoms. The van der Waals surface area contributed by atoms with Gasteiger partial charge in [-0.05, 0) is 23.1 Å². The molecule has 1 unspecified atom stereocenters. The van der Waals surface area contributed by atoms with Crippen LogP contribution in [-0.2, 0) is 11.2 Å². The number of nitrogens with zero attached hydrogens (tertiary/aromatic N) is 1. The van der Waals surface area contributed by atoms with E-state index < -0.39 is 0 Å². The van der Waals surface area contributed by atoms with E-state index in [2.05, 4.69) is 36.4 Å². The first-order chi connectivity index (χ1) is 9.36. The Morgan fingerprint density at radius 3 is 2.53 bits per heavy atom. The van der Waals surface area contributed by atoms with Gasteiger partial charge in [-0.1, -0.05) is 54.6 Å². The smallest absolute Gasteiger partial charge is 0.233 e. The molecule has 2 aromatic carbocycles. The van der Waals surface area contributed by atoms with Gasteiger partial charge in [-0.2, -0.15) is 0 Å². The van der Waals surface area contributed by atoms with Gasteiger partial charge in [0.15, 0.2) is 0 Å². The summed E-state index contributed by atoms with van der Waals surface area (Å²) in [5.41, 5.74) is 3.88. The Morgan fingerprint density at radius 2 is 1.68 bits per heavy atom. The minimum atomic E-state index is 0.0163. The molecule has 1 fully saturated rings. The second kappa shape index (κ2) is 3.95. The summed E-state index contributed by atoms with van der Waals surface area (Å²) in [6.07, 6.45) is 0.986. The molecule has 0 saturated carbocycles. The molecule has 0 spiro atoms. The van der Waals surface area contributed by atoms with Crippen molar-refractivity contribution in [1.29, 1.82) is 0 Å². The molecule has 0 aromatic heterocycles. The normalized spacial score (nSPS) is 24.4. The lowest BCUT2D eigenvalue weighted by Crippen LogP contribution is -2.56. The van der Waals surface area contributed by atoms with Crippen molar-refractivity contribution in [3.63, 3.8) is 0 Å². The third-order valence-corrected chi connectivity index (χ3v) is 4.36. The predicted molar refractivity (Wildman–Crippen MR) is 73.8 cm³/mol. The van der Waals surface area contributed by atoms with Crippen LogP contribution in [0.25, 0.3) is 0 Å². The van der Waals surface area contributed by atoms with E-state index in [-0.39, 0.29) is 17.9 Å². The highest BCUT2D eigenvalue weighted by Crippen LogP contribution is 2.49. The van der Waals surface area contributed by atoms with Crippen LogP contribution in [0.1, 0.15) is 28.7 Å². The van der Waals surface area contributed by atoms with Gasteiger partial charge in [0, 0.05) is 6.54 Å². The van der Waals surface area contributed by atoms with E-state index >= 15 is 0 Å². The highest BCUT2D eigenvalue weighted by molar-refractivity contribution is 5.92. The average Bonchev–Trinajstić information content (AvgIpc) is 2.47. The first-order valence-corrected chi connectivity index (χ1v) is 6.79. The highest BCUT2D eigenvalue weighted by Gasteiger charge is 2.50. The molecular formula is C17H15NO. The van der Waals surface area contributed by atoms with E-state index in [1.807, 2.05) is 23.1 Å². The molecule has 2 heteroatoms. The number of amides is 1. The van der Waals surface area contributed by atoms with Crippen molar-refractivity contribution in [3.8, 4) is 0 Å². The van der Waals surface area contributed by atoms with Crippen LogP contribution in [-0.4, -0.2) is 17.4 Å². The van der Waals surface area contributed by atoms with Crippen molar-refractivity contribution >= 4 is 5.91 Å². The molecule has 1 saturated heterocycles. The molecule has 2 aliphatic heterocycles. The maximum Gasteiger partial charge on any atom is 0.233 e. The van der Waals surface area contributed by atoms with Gasteiger partial charge in [0.1, 0.15) is 0 Å². The zero-order valence-corrected chi connectivity index (χ0v) is 10.6. The van der Waals surface area contributed by atoms with Gasteiger partial charge in [0.2, 0.25) is 5.91 Å². The number of hydrogen-bond donors (Lipinski definition) is 0. The minimum absolute atomic E-state index is 0.0163.